The molecule has 1 fully saturated rings. The molecule has 5 heteroatoms. The Balaban J connectivity index is 2.86. The summed E-state index contributed by atoms with van der Waals surface area (Å²) in [5.41, 5.74) is 5.61. The predicted octanol–water partition coefficient (Wildman–Crippen LogP) is 1.46. The topological polar surface area (TPSA) is 83.6 Å². The molecule has 2 unspecified atom stereocenters. The number of carbonyl (C=O) groups is 2. The van der Waals surface area contributed by atoms with E-state index in [1.807, 2.05) is 20.8 Å². The maximum absolute atomic E-state index is 12.4. The molecule has 5 nitrogen and oxygen atoms in total. The van der Waals surface area contributed by atoms with E-state index in [9.17, 15) is 14.7 Å². The Hall–Kier alpha value is -1.10. The fourth-order valence-electron chi connectivity index (χ4n) is 2.46. The number of hydrogen-bond acceptors (Lipinski definition) is 3. The highest BCUT2D eigenvalue weighted by Crippen LogP contribution is 2.28. The second-order valence-corrected chi connectivity index (χ2v) is 6.53. The molecule has 3 atom stereocenters. The molecule has 1 saturated heterocycles. The van der Waals surface area contributed by atoms with Gasteiger partial charge in [-0.2, -0.15) is 0 Å². The number of carboxylic acid groups (broad SMARTS) is 1. The molecule has 1 rings (SSSR count). The average molecular weight is 270 g/mol. The maximum Gasteiger partial charge on any atom is 0.326 e. The van der Waals surface area contributed by atoms with E-state index in [2.05, 4.69) is 6.92 Å². The van der Waals surface area contributed by atoms with Crippen molar-refractivity contribution in [3.63, 3.8) is 0 Å². The van der Waals surface area contributed by atoms with Crippen LogP contribution >= 0.6 is 0 Å². The third-order valence-electron chi connectivity index (χ3n) is 4.06. The van der Waals surface area contributed by atoms with E-state index >= 15 is 0 Å². The maximum atomic E-state index is 12.4. The molecule has 0 spiro atoms. The molecule has 0 saturated carbocycles. The van der Waals surface area contributed by atoms with E-state index in [4.69, 9.17) is 5.73 Å². The SMILES string of the molecule is CCC1CCN(C(=O)[C@H](N)C(C)(C)C)C(C(=O)O)C1. The average Bonchev–Trinajstić information content (AvgIpc) is 2.35. The van der Waals surface area contributed by atoms with Crippen LogP contribution in [0.1, 0.15) is 47.0 Å². The van der Waals surface area contributed by atoms with Gasteiger partial charge in [-0.1, -0.05) is 34.1 Å². The molecule has 0 aliphatic carbocycles. The van der Waals surface area contributed by atoms with Gasteiger partial charge in [0.2, 0.25) is 5.91 Å². The molecule has 1 amide bonds. The van der Waals surface area contributed by atoms with Crippen molar-refractivity contribution in [2.24, 2.45) is 17.1 Å². The quantitative estimate of drug-likeness (QED) is 0.813. The van der Waals surface area contributed by atoms with Crippen molar-refractivity contribution in [2.75, 3.05) is 6.54 Å². The van der Waals surface area contributed by atoms with Gasteiger partial charge in [-0.15, -0.1) is 0 Å². The Morgan fingerprint density at radius 2 is 2.00 bits per heavy atom. The van der Waals surface area contributed by atoms with Gasteiger partial charge in [0, 0.05) is 6.54 Å². The van der Waals surface area contributed by atoms with Crippen molar-refractivity contribution in [2.45, 2.75) is 59.0 Å². The molecule has 1 heterocycles. The van der Waals surface area contributed by atoms with Crippen LogP contribution in [-0.2, 0) is 9.59 Å². The molecule has 0 aromatic rings. The summed E-state index contributed by atoms with van der Waals surface area (Å²) in [5.74, 6) is -0.780. The normalized spacial score (nSPS) is 26.1. The van der Waals surface area contributed by atoms with Crippen LogP contribution in [0.4, 0.5) is 0 Å². The number of nitrogens with zero attached hydrogens (tertiary/aromatic N) is 1. The van der Waals surface area contributed by atoms with Gasteiger partial charge in [0.1, 0.15) is 6.04 Å². The minimum absolute atomic E-state index is 0.241. The van der Waals surface area contributed by atoms with Crippen LogP contribution in [0, 0.1) is 11.3 Å². The van der Waals surface area contributed by atoms with Gasteiger partial charge in [0.15, 0.2) is 0 Å². The molecular weight excluding hydrogens is 244 g/mol. The molecule has 19 heavy (non-hydrogen) atoms. The highest BCUT2D eigenvalue weighted by atomic mass is 16.4. The summed E-state index contributed by atoms with van der Waals surface area (Å²) in [6.07, 6.45) is 2.36. The number of rotatable bonds is 3. The third-order valence-corrected chi connectivity index (χ3v) is 4.06. The molecule has 0 radical (unpaired) electrons. The van der Waals surface area contributed by atoms with E-state index < -0.39 is 18.1 Å². The lowest BCUT2D eigenvalue weighted by atomic mass is 9.84. The fourth-order valence-corrected chi connectivity index (χ4v) is 2.46. The summed E-state index contributed by atoms with van der Waals surface area (Å²) in [4.78, 5) is 25.2. The Bertz CT molecular complexity index is 349. The first-order chi connectivity index (χ1) is 8.68. The number of aliphatic carboxylic acids is 1. The zero-order valence-electron chi connectivity index (χ0n) is 12.3. The van der Waals surface area contributed by atoms with Crippen molar-refractivity contribution in [3.8, 4) is 0 Å². The Kier molecular flexibility index (Phi) is 4.96. The van der Waals surface area contributed by atoms with Gasteiger partial charge in [0.25, 0.3) is 0 Å². The summed E-state index contributed by atoms with van der Waals surface area (Å²) >= 11 is 0. The summed E-state index contributed by atoms with van der Waals surface area (Å²) in [6.45, 7) is 8.23. The summed E-state index contributed by atoms with van der Waals surface area (Å²) in [5, 5.41) is 9.32. The lowest BCUT2D eigenvalue weighted by Crippen LogP contribution is -2.57. The Morgan fingerprint density at radius 1 is 1.42 bits per heavy atom. The van der Waals surface area contributed by atoms with Crippen LogP contribution in [0.5, 0.6) is 0 Å². The van der Waals surface area contributed by atoms with Crippen molar-refractivity contribution in [1.82, 2.24) is 4.90 Å². The van der Waals surface area contributed by atoms with Crippen molar-refractivity contribution >= 4 is 11.9 Å². The monoisotopic (exact) mass is 270 g/mol. The molecule has 3 N–H and O–H groups in total. The molecule has 1 aliphatic rings. The number of likely N-dealkylation sites (tertiary alicyclic amines) is 1. The number of hydrogen-bond donors (Lipinski definition) is 2. The van der Waals surface area contributed by atoms with Gasteiger partial charge >= 0.3 is 5.97 Å². The first kappa shape index (κ1) is 16.0. The molecule has 1 aliphatic heterocycles. The molecule has 0 aromatic heterocycles. The molecular formula is C14H26N2O3. The fraction of sp³-hybridized carbons (Fsp3) is 0.857. The number of piperidine rings is 1. The smallest absolute Gasteiger partial charge is 0.326 e. The zero-order chi connectivity index (χ0) is 14.8. The second-order valence-electron chi connectivity index (χ2n) is 6.53. The zero-order valence-corrected chi connectivity index (χ0v) is 12.3. The van der Waals surface area contributed by atoms with Crippen LogP contribution in [-0.4, -0.2) is 40.5 Å². The van der Waals surface area contributed by atoms with Crippen LogP contribution in [0.25, 0.3) is 0 Å². The van der Waals surface area contributed by atoms with Gasteiger partial charge in [-0.25, -0.2) is 4.79 Å². The summed E-state index contributed by atoms with van der Waals surface area (Å²) < 4.78 is 0. The van der Waals surface area contributed by atoms with E-state index in [-0.39, 0.29) is 11.3 Å². The van der Waals surface area contributed by atoms with Crippen molar-refractivity contribution in [1.29, 1.82) is 0 Å². The summed E-state index contributed by atoms with van der Waals surface area (Å²) in [6, 6.07) is -1.38. The van der Waals surface area contributed by atoms with Crippen LogP contribution < -0.4 is 5.73 Å². The standard InChI is InChI=1S/C14H26N2O3/c1-5-9-6-7-16(10(8-9)13(18)19)12(17)11(15)14(2,3)4/h9-11H,5-8,15H2,1-4H3,(H,18,19)/t9?,10?,11-/m0/s1. The van der Waals surface area contributed by atoms with Gasteiger partial charge in [0.05, 0.1) is 6.04 Å². The first-order valence-electron chi connectivity index (χ1n) is 6.97. The minimum atomic E-state index is -0.924. The molecule has 0 aromatic carbocycles. The molecule has 110 valence electrons. The van der Waals surface area contributed by atoms with Crippen molar-refractivity contribution in [3.05, 3.63) is 0 Å². The second kappa shape index (κ2) is 5.90. The van der Waals surface area contributed by atoms with E-state index in [0.717, 1.165) is 12.8 Å². The lowest BCUT2D eigenvalue weighted by molar-refractivity contribution is -0.154. The van der Waals surface area contributed by atoms with Gasteiger partial charge in [-0.3, -0.25) is 4.79 Å². The number of carbonyl (C=O) groups excluding carboxylic acids is 1. The lowest BCUT2D eigenvalue weighted by Gasteiger charge is -2.40. The van der Waals surface area contributed by atoms with Crippen LogP contribution in [0.15, 0.2) is 0 Å². The highest BCUT2D eigenvalue weighted by molar-refractivity contribution is 5.87. The minimum Gasteiger partial charge on any atom is -0.480 e. The van der Waals surface area contributed by atoms with Crippen molar-refractivity contribution < 1.29 is 14.7 Å². The number of carboxylic acids is 1. The largest absolute Gasteiger partial charge is 0.480 e. The summed E-state index contributed by atoms with van der Waals surface area (Å²) in [7, 11) is 0. The Morgan fingerprint density at radius 3 is 2.42 bits per heavy atom. The predicted molar refractivity (Wildman–Crippen MR) is 73.6 cm³/mol. The first-order valence-corrected chi connectivity index (χ1v) is 6.97. The molecule has 0 bridgehead atoms. The van der Waals surface area contributed by atoms with Gasteiger partial charge < -0.3 is 15.7 Å². The number of amides is 1. The van der Waals surface area contributed by atoms with Crippen LogP contribution in [0.2, 0.25) is 0 Å². The van der Waals surface area contributed by atoms with Crippen LogP contribution in [0.3, 0.4) is 0 Å². The third kappa shape index (κ3) is 3.69. The van der Waals surface area contributed by atoms with Gasteiger partial charge in [-0.05, 0) is 24.2 Å². The van der Waals surface area contributed by atoms with E-state index in [1.165, 1.54) is 4.90 Å². The highest BCUT2D eigenvalue weighted by Gasteiger charge is 2.40. The number of nitrogens with two attached hydrogens (primary N) is 1. The van der Waals surface area contributed by atoms with E-state index in [1.54, 1.807) is 0 Å². The Labute approximate surface area is 115 Å². The van der Waals surface area contributed by atoms with E-state index in [0.29, 0.717) is 18.9 Å².